The number of hydrogen-bond acceptors (Lipinski definition) is 3. The molecule has 0 saturated carbocycles. The molecule has 0 aliphatic rings. The van der Waals surface area contributed by atoms with Crippen LogP contribution in [-0.4, -0.2) is 17.9 Å². The number of nitrogens with one attached hydrogen (secondary N) is 2. The Morgan fingerprint density at radius 3 is 2.72 bits per heavy atom. The van der Waals surface area contributed by atoms with Crippen molar-refractivity contribution in [2.45, 2.75) is 0 Å². The molecule has 0 aliphatic carbocycles. The summed E-state index contributed by atoms with van der Waals surface area (Å²) in [6.45, 7) is 0. The predicted molar refractivity (Wildman–Crippen MR) is 80.9 cm³/mol. The first-order chi connectivity index (χ1) is 8.72. The lowest BCUT2D eigenvalue weighted by Crippen LogP contribution is -2.15. The second-order valence-corrected chi connectivity index (χ2v) is 4.77. The fourth-order valence-corrected chi connectivity index (χ4v) is 2.07. The molecular formula is C13H12IN3O. The Morgan fingerprint density at radius 2 is 2.00 bits per heavy atom. The fourth-order valence-electron chi connectivity index (χ4n) is 1.55. The Kier molecular flexibility index (Phi) is 4.14. The quantitative estimate of drug-likeness (QED) is 0.835. The lowest BCUT2D eigenvalue weighted by Gasteiger charge is -2.10. The van der Waals surface area contributed by atoms with E-state index in [1.54, 1.807) is 25.5 Å². The molecule has 5 heteroatoms. The zero-order chi connectivity index (χ0) is 13.0. The summed E-state index contributed by atoms with van der Waals surface area (Å²) in [5, 5.41) is 5.85. The SMILES string of the molecule is CNc1ccncc1C(=O)Nc1ccccc1I. The minimum atomic E-state index is -0.170. The molecule has 1 heterocycles. The first-order valence-electron chi connectivity index (χ1n) is 5.40. The van der Waals surface area contributed by atoms with E-state index in [0.717, 1.165) is 14.9 Å². The van der Waals surface area contributed by atoms with Gasteiger partial charge in [-0.2, -0.15) is 0 Å². The number of anilines is 2. The average Bonchev–Trinajstić information content (AvgIpc) is 2.41. The largest absolute Gasteiger partial charge is 0.387 e. The molecule has 4 nitrogen and oxygen atoms in total. The van der Waals surface area contributed by atoms with Crippen molar-refractivity contribution in [1.82, 2.24) is 4.98 Å². The van der Waals surface area contributed by atoms with Gasteiger partial charge in [-0.15, -0.1) is 0 Å². The highest BCUT2D eigenvalue weighted by molar-refractivity contribution is 14.1. The summed E-state index contributed by atoms with van der Waals surface area (Å²) in [6.07, 6.45) is 3.20. The zero-order valence-corrected chi connectivity index (χ0v) is 11.9. The van der Waals surface area contributed by atoms with Gasteiger partial charge >= 0.3 is 0 Å². The van der Waals surface area contributed by atoms with Gasteiger partial charge < -0.3 is 10.6 Å². The molecule has 2 N–H and O–H groups in total. The molecule has 18 heavy (non-hydrogen) atoms. The van der Waals surface area contributed by atoms with Crippen LogP contribution in [0.2, 0.25) is 0 Å². The maximum Gasteiger partial charge on any atom is 0.259 e. The number of rotatable bonds is 3. The van der Waals surface area contributed by atoms with E-state index in [2.05, 4.69) is 38.2 Å². The van der Waals surface area contributed by atoms with Gasteiger partial charge in [0.25, 0.3) is 5.91 Å². The van der Waals surface area contributed by atoms with E-state index in [4.69, 9.17) is 0 Å². The fraction of sp³-hybridized carbons (Fsp3) is 0.0769. The van der Waals surface area contributed by atoms with Crippen LogP contribution in [0.4, 0.5) is 11.4 Å². The number of hydrogen-bond donors (Lipinski definition) is 2. The first-order valence-corrected chi connectivity index (χ1v) is 6.48. The van der Waals surface area contributed by atoms with Gasteiger partial charge in [-0.25, -0.2) is 0 Å². The average molecular weight is 353 g/mol. The highest BCUT2D eigenvalue weighted by Gasteiger charge is 2.11. The number of halogens is 1. The van der Waals surface area contributed by atoms with E-state index in [1.165, 1.54) is 0 Å². The van der Waals surface area contributed by atoms with Crippen LogP contribution in [0.3, 0.4) is 0 Å². The molecule has 0 radical (unpaired) electrons. The van der Waals surface area contributed by atoms with Crippen LogP contribution in [0.15, 0.2) is 42.7 Å². The van der Waals surface area contributed by atoms with Crippen LogP contribution in [0.5, 0.6) is 0 Å². The molecule has 1 aromatic heterocycles. The molecule has 2 rings (SSSR count). The summed E-state index contributed by atoms with van der Waals surface area (Å²) >= 11 is 2.19. The van der Waals surface area contributed by atoms with Gasteiger partial charge in [0.2, 0.25) is 0 Å². The van der Waals surface area contributed by atoms with Gasteiger partial charge in [0.1, 0.15) is 0 Å². The molecule has 0 saturated heterocycles. The topological polar surface area (TPSA) is 54.0 Å². The minimum Gasteiger partial charge on any atom is -0.387 e. The molecule has 1 amide bonds. The zero-order valence-electron chi connectivity index (χ0n) is 9.77. The van der Waals surface area contributed by atoms with Gasteiger partial charge in [-0.3, -0.25) is 9.78 Å². The summed E-state index contributed by atoms with van der Waals surface area (Å²) in [7, 11) is 1.78. The van der Waals surface area contributed by atoms with Crippen molar-refractivity contribution in [1.29, 1.82) is 0 Å². The molecule has 92 valence electrons. The van der Waals surface area contributed by atoms with Crippen LogP contribution in [0.1, 0.15) is 10.4 Å². The number of carbonyl (C=O) groups excluding carboxylic acids is 1. The number of amides is 1. The van der Waals surface area contributed by atoms with Crippen molar-refractivity contribution in [3.63, 3.8) is 0 Å². The Bertz CT molecular complexity index is 572. The van der Waals surface area contributed by atoms with Gasteiger partial charge in [0, 0.05) is 28.7 Å². The smallest absolute Gasteiger partial charge is 0.259 e. The number of benzene rings is 1. The van der Waals surface area contributed by atoms with Crippen molar-refractivity contribution in [3.8, 4) is 0 Å². The highest BCUT2D eigenvalue weighted by atomic mass is 127. The van der Waals surface area contributed by atoms with Crippen molar-refractivity contribution in [3.05, 3.63) is 51.9 Å². The number of pyridine rings is 1. The standard InChI is InChI=1S/C13H12IN3O/c1-15-11-6-7-16-8-9(11)13(18)17-12-5-3-2-4-10(12)14/h2-8H,1H3,(H,15,16)(H,17,18). The number of aromatic nitrogens is 1. The summed E-state index contributed by atoms with van der Waals surface area (Å²) in [4.78, 5) is 16.1. The maximum absolute atomic E-state index is 12.2. The van der Waals surface area contributed by atoms with E-state index < -0.39 is 0 Å². The van der Waals surface area contributed by atoms with E-state index in [9.17, 15) is 4.79 Å². The number of para-hydroxylation sites is 1. The monoisotopic (exact) mass is 353 g/mol. The Labute approximate surface area is 119 Å². The minimum absolute atomic E-state index is 0.170. The molecule has 0 aliphatic heterocycles. The summed E-state index contributed by atoms with van der Waals surface area (Å²) in [6, 6.07) is 9.40. The van der Waals surface area contributed by atoms with E-state index >= 15 is 0 Å². The second-order valence-electron chi connectivity index (χ2n) is 3.61. The maximum atomic E-state index is 12.2. The summed E-state index contributed by atoms with van der Waals surface area (Å²) in [5.74, 6) is -0.170. The predicted octanol–water partition coefficient (Wildman–Crippen LogP) is 2.98. The van der Waals surface area contributed by atoms with Crippen molar-refractivity contribution >= 4 is 39.9 Å². The van der Waals surface area contributed by atoms with Gasteiger partial charge in [-0.1, -0.05) is 12.1 Å². The third-order valence-electron chi connectivity index (χ3n) is 2.46. The molecule has 0 unspecified atom stereocenters. The van der Waals surface area contributed by atoms with Crippen molar-refractivity contribution in [2.24, 2.45) is 0 Å². The Morgan fingerprint density at radius 1 is 1.22 bits per heavy atom. The lowest BCUT2D eigenvalue weighted by molar-refractivity contribution is 0.102. The molecule has 2 aromatic rings. The van der Waals surface area contributed by atoms with E-state index in [0.29, 0.717) is 5.56 Å². The summed E-state index contributed by atoms with van der Waals surface area (Å²) in [5.41, 5.74) is 2.09. The van der Waals surface area contributed by atoms with Crippen molar-refractivity contribution < 1.29 is 4.79 Å². The molecular weight excluding hydrogens is 341 g/mol. The Hall–Kier alpha value is -1.63. The lowest BCUT2D eigenvalue weighted by atomic mass is 10.2. The highest BCUT2D eigenvalue weighted by Crippen LogP contribution is 2.19. The van der Waals surface area contributed by atoms with Crippen LogP contribution < -0.4 is 10.6 Å². The van der Waals surface area contributed by atoms with Crippen LogP contribution in [-0.2, 0) is 0 Å². The first kappa shape index (κ1) is 12.8. The third-order valence-corrected chi connectivity index (χ3v) is 3.40. The summed E-state index contributed by atoms with van der Waals surface area (Å²) < 4.78 is 0.998. The molecule has 0 atom stereocenters. The number of carbonyl (C=O) groups is 1. The molecule has 0 spiro atoms. The Balaban J connectivity index is 2.25. The van der Waals surface area contributed by atoms with Gasteiger partial charge in [0.05, 0.1) is 11.3 Å². The molecule has 0 fully saturated rings. The van der Waals surface area contributed by atoms with Gasteiger partial charge in [-0.05, 0) is 40.8 Å². The molecule has 0 bridgehead atoms. The van der Waals surface area contributed by atoms with Crippen LogP contribution >= 0.6 is 22.6 Å². The van der Waals surface area contributed by atoms with Crippen LogP contribution in [0, 0.1) is 3.57 Å². The normalized spacial score (nSPS) is 9.89. The third kappa shape index (κ3) is 2.79. The number of nitrogens with zero attached hydrogens (tertiary/aromatic N) is 1. The van der Waals surface area contributed by atoms with Crippen LogP contribution in [0.25, 0.3) is 0 Å². The van der Waals surface area contributed by atoms with Gasteiger partial charge in [0.15, 0.2) is 0 Å². The molecule has 1 aromatic carbocycles. The van der Waals surface area contributed by atoms with Crippen molar-refractivity contribution in [2.75, 3.05) is 17.7 Å². The van der Waals surface area contributed by atoms with E-state index in [1.807, 2.05) is 24.3 Å². The second kappa shape index (κ2) is 5.81. The van der Waals surface area contributed by atoms with E-state index in [-0.39, 0.29) is 5.91 Å².